The number of carbonyl (C=O) groups excluding carboxylic acids is 1. The van der Waals surface area contributed by atoms with Crippen LogP contribution in [0.25, 0.3) is 0 Å². The summed E-state index contributed by atoms with van der Waals surface area (Å²) < 4.78 is 11.1. The molecule has 0 spiro atoms. The molecule has 0 bridgehead atoms. The van der Waals surface area contributed by atoms with Gasteiger partial charge in [0.1, 0.15) is 13.2 Å². The zero-order valence-corrected chi connectivity index (χ0v) is 11.4. The number of carbonyl (C=O) groups is 1. The monoisotopic (exact) mass is 264 g/mol. The maximum Gasteiger partial charge on any atom is 0.257 e. The van der Waals surface area contributed by atoms with Gasteiger partial charge in [0.25, 0.3) is 5.91 Å². The molecule has 1 atom stereocenters. The van der Waals surface area contributed by atoms with Crippen molar-refractivity contribution in [3.63, 3.8) is 0 Å². The van der Waals surface area contributed by atoms with Crippen LogP contribution in [0.5, 0.6) is 11.5 Å². The fourth-order valence-corrected chi connectivity index (χ4v) is 2.07. The van der Waals surface area contributed by atoms with Crippen LogP contribution in [0.4, 0.5) is 0 Å². The molecule has 2 rings (SSSR count). The predicted molar refractivity (Wildman–Crippen MR) is 72.7 cm³/mol. The van der Waals surface area contributed by atoms with E-state index >= 15 is 0 Å². The van der Waals surface area contributed by atoms with Crippen molar-refractivity contribution in [1.29, 1.82) is 0 Å². The minimum Gasteiger partial charge on any atom is -0.486 e. The quantitative estimate of drug-likeness (QED) is 0.889. The van der Waals surface area contributed by atoms with Crippen molar-refractivity contribution in [3.8, 4) is 11.5 Å². The molecule has 1 aromatic carbocycles. The van der Waals surface area contributed by atoms with Crippen molar-refractivity contribution in [2.24, 2.45) is 5.73 Å². The van der Waals surface area contributed by atoms with Crippen LogP contribution >= 0.6 is 0 Å². The van der Waals surface area contributed by atoms with Crippen molar-refractivity contribution >= 4 is 5.91 Å². The first-order valence-corrected chi connectivity index (χ1v) is 6.51. The van der Waals surface area contributed by atoms with Gasteiger partial charge in [-0.3, -0.25) is 4.79 Å². The average Bonchev–Trinajstić information content (AvgIpc) is 2.45. The van der Waals surface area contributed by atoms with E-state index < -0.39 is 0 Å². The van der Waals surface area contributed by atoms with Crippen LogP contribution in [0.3, 0.4) is 0 Å². The molecule has 1 heterocycles. The highest BCUT2D eigenvalue weighted by atomic mass is 16.6. The number of rotatable bonds is 4. The number of nitrogens with two attached hydrogens (primary N) is 1. The Morgan fingerprint density at radius 3 is 2.89 bits per heavy atom. The SMILES string of the molecule is CC(CCN)N(C)C(=O)c1cccc2c1OCCO2. The number of hydrogen-bond acceptors (Lipinski definition) is 4. The molecule has 0 fully saturated rings. The third kappa shape index (κ3) is 2.81. The molecule has 5 nitrogen and oxygen atoms in total. The highest BCUT2D eigenvalue weighted by Crippen LogP contribution is 2.34. The Balaban J connectivity index is 2.24. The Morgan fingerprint density at radius 2 is 2.16 bits per heavy atom. The van der Waals surface area contributed by atoms with Crippen LogP contribution < -0.4 is 15.2 Å². The summed E-state index contributed by atoms with van der Waals surface area (Å²) in [6.45, 7) is 3.53. The lowest BCUT2D eigenvalue weighted by atomic mass is 10.1. The van der Waals surface area contributed by atoms with Gasteiger partial charge >= 0.3 is 0 Å². The zero-order chi connectivity index (χ0) is 13.8. The third-order valence-electron chi connectivity index (χ3n) is 3.36. The first-order chi connectivity index (χ1) is 9.15. The number of hydrogen-bond donors (Lipinski definition) is 1. The summed E-state index contributed by atoms with van der Waals surface area (Å²) in [7, 11) is 1.78. The molecule has 2 N–H and O–H groups in total. The molecule has 0 saturated heterocycles. The van der Waals surface area contributed by atoms with E-state index in [4.69, 9.17) is 15.2 Å². The van der Waals surface area contributed by atoms with E-state index in [9.17, 15) is 4.79 Å². The molecule has 0 saturated carbocycles. The first-order valence-electron chi connectivity index (χ1n) is 6.51. The molecule has 1 amide bonds. The Morgan fingerprint density at radius 1 is 1.42 bits per heavy atom. The van der Waals surface area contributed by atoms with Crippen LogP contribution in [0.2, 0.25) is 0 Å². The fraction of sp³-hybridized carbons (Fsp3) is 0.500. The van der Waals surface area contributed by atoms with Crippen LogP contribution in [-0.2, 0) is 0 Å². The Labute approximate surface area is 113 Å². The van der Waals surface area contributed by atoms with Gasteiger partial charge in [-0.1, -0.05) is 6.07 Å². The van der Waals surface area contributed by atoms with Gasteiger partial charge in [0.05, 0.1) is 5.56 Å². The lowest BCUT2D eigenvalue weighted by Gasteiger charge is -2.27. The standard InChI is InChI=1S/C14H20N2O3/c1-10(6-7-15)16(2)14(17)11-4-3-5-12-13(11)19-9-8-18-12/h3-5,10H,6-9,15H2,1-2H3. The van der Waals surface area contributed by atoms with Gasteiger partial charge < -0.3 is 20.1 Å². The lowest BCUT2D eigenvalue weighted by Crippen LogP contribution is -2.36. The van der Waals surface area contributed by atoms with Crippen LogP contribution in [0, 0.1) is 0 Å². The second-order valence-corrected chi connectivity index (χ2v) is 4.67. The van der Waals surface area contributed by atoms with E-state index in [1.54, 1.807) is 18.0 Å². The molecule has 0 aromatic heterocycles. The van der Waals surface area contributed by atoms with E-state index in [1.165, 1.54) is 0 Å². The number of amides is 1. The molecule has 19 heavy (non-hydrogen) atoms. The fourth-order valence-electron chi connectivity index (χ4n) is 2.07. The predicted octanol–water partition coefficient (Wildman–Crippen LogP) is 1.27. The number of fused-ring (bicyclic) bond motifs is 1. The number of para-hydroxylation sites is 1. The maximum absolute atomic E-state index is 12.5. The Bertz CT molecular complexity index is 462. The molecule has 1 aliphatic heterocycles. The van der Waals surface area contributed by atoms with Gasteiger partial charge in [-0.25, -0.2) is 0 Å². The van der Waals surface area contributed by atoms with Gasteiger partial charge in [0.15, 0.2) is 11.5 Å². The Kier molecular flexibility index (Phi) is 4.27. The summed E-state index contributed by atoms with van der Waals surface area (Å²) in [5, 5.41) is 0. The number of ether oxygens (including phenoxy) is 2. The van der Waals surface area contributed by atoms with E-state index in [2.05, 4.69) is 0 Å². The zero-order valence-electron chi connectivity index (χ0n) is 11.4. The maximum atomic E-state index is 12.5. The van der Waals surface area contributed by atoms with Gasteiger partial charge in [-0.2, -0.15) is 0 Å². The van der Waals surface area contributed by atoms with Crippen LogP contribution in [0.1, 0.15) is 23.7 Å². The van der Waals surface area contributed by atoms with Gasteiger partial charge in [0, 0.05) is 13.1 Å². The van der Waals surface area contributed by atoms with E-state index in [0.717, 1.165) is 6.42 Å². The van der Waals surface area contributed by atoms with E-state index in [1.807, 2.05) is 19.1 Å². The molecule has 1 unspecified atom stereocenters. The average molecular weight is 264 g/mol. The van der Waals surface area contributed by atoms with Crippen LogP contribution in [-0.4, -0.2) is 43.7 Å². The van der Waals surface area contributed by atoms with Crippen molar-refractivity contribution in [2.45, 2.75) is 19.4 Å². The largest absolute Gasteiger partial charge is 0.486 e. The second kappa shape index (κ2) is 5.93. The van der Waals surface area contributed by atoms with Gasteiger partial charge in [0.2, 0.25) is 0 Å². The molecular formula is C14H20N2O3. The molecule has 1 aliphatic rings. The minimum atomic E-state index is -0.0664. The summed E-state index contributed by atoms with van der Waals surface area (Å²) in [6.07, 6.45) is 0.772. The van der Waals surface area contributed by atoms with Crippen molar-refractivity contribution < 1.29 is 14.3 Å². The number of nitrogens with zero attached hydrogens (tertiary/aromatic N) is 1. The van der Waals surface area contributed by atoms with Gasteiger partial charge in [-0.05, 0) is 32.0 Å². The molecular weight excluding hydrogens is 244 g/mol. The lowest BCUT2D eigenvalue weighted by molar-refractivity contribution is 0.0728. The summed E-state index contributed by atoms with van der Waals surface area (Å²) in [6, 6.07) is 5.48. The number of benzene rings is 1. The minimum absolute atomic E-state index is 0.0664. The van der Waals surface area contributed by atoms with Crippen molar-refractivity contribution in [3.05, 3.63) is 23.8 Å². The Hall–Kier alpha value is -1.75. The highest BCUT2D eigenvalue weighted by molar-refractivity contribution is 5.97. The first kappa shape index (κ1) is 13.7. The summed E-state index contributed by atoms with van der Waals surface area (Å²) in [5.41, 5.74) is 6.08. The van der Waals surface area contributed by atoms with Gasteiger partial charge in [-0.15, -0.1) is 0 Å². The van der Waals surface area contributed by atoms with E-state index in [-0.39, 0.29) is 11.9 Å². The molecule has 0 aliphatic carbocycles. The smallest absolute Gasteiger partial charge is 0.257 e. The highest BCUT2D eigenvalue weighted by Gasteiger charge is 2.24. The topological polar surface area (TPSA) is 64.8 Å². The van der Waals surface area contributed by atoms with Crippen molar-refractivity contribution in [1.82, 2.24) is 4.90 Å². The second-order valence-electron chi connectivity index (χ2n) is 4.67. The molecule has 5 heteroatoms. The third-order valence-corrected chi connectivity index (χ3v) is 3.36. The van der Waals surface area contributed by atoms with Crippen molar-refractivity contribution in [2.75, 3.05) is 26.8 Å². The summed E-state index contributed by atoms with van der Waals surface area (Å²) in [4.78, 5) is 14.2. The summed E-state index contributed by atoms with van der Waals surface area (Å²) >= 11 is 0. The molecule has 104 valence electrons. The molecule has 1 aromatic rings. The van der Waals surface area contributed by atoms with E-state index in [0.29, 0.717) is 36.8 Å². The normalized spacial score (nSPS) is 14.9. The molecule has 0 radical (unpaired) electrons. The summed E-state index contributed by atoms with van der Waals surface area (Å²) in [5.74, 6) is 1.12. The van der Waals surface area contributed by atoms with Crippen LogP contribution in [0.15, 0.2) is 18.2 Å².